The van der Waals surface area contributed by atoms with E-state index in [0.29, 0.717) is 0 Å². The third kappa shape index (κ3) is 8.82. The van der Waals surface area contributed by atoms with Gasteiger partial charge < -0.3 is 34.1 Å². The normalized spacial score (nSPS) is 0. The summed E-state index contributed by atoms with van der Waals surface area (Å²) < 4.78 is 0. The standard InChI is InChI=1S/Cd.Ge.2Se/q+2;;2*-2. The van der Waals surface area contributed by atoms with Gasteiger partial charge >= 0.3 is 27.3 Å². The Hall–Kier alpha value is 2.50. The number of hydrogen-bond acceptors (Lipinski definition) is 0. The molecule has 0 amide bonds. The van der Waals surface area contributed by atoms with E-state index >= 15 is 0 Å². The fourth-order valence-corrected chi connectivity index (χ4v) is 0. The molecule has 4 heavy (non-hydrogen) atoms. The Morgan fingerprint density at radius 1 is 0.750 bits per heavy atom. The molecule has 0 fully saturated rings. The first kappa shape index (κ1) is 31.4. The molecule has 4 radical (unpaired) electrons. The van der Waals surface area contributed by atoms with Crippen molar-refractivity contribution in [3.8, 4) is 0 Å². The molecule has 0 saturated heterocycles. The van der Waals surface area contributed by atoms with Gasteiger partial charge in [-0.05, 0) is 0 Å². The molecule has 0 aliphatic carbocycles. The van der Waals surface area contributed by atoms with Gasteiger partial charge in [-0.1, -0.05) is 0 Å². The molecule has 0 N–H and O–H groups in total. The van der Waals surface area contributed by atoms with Crippen molar-refractivity contribution in [3.63, 3.8) is 0 Å². The summed E-state index contributed by atoms with van der Waals surface area (Å²) in [4.78, 5) is 0. The molecule has 0 heterocycles. The fourth-order valence-electron chi connectivity index (χ4n) is 0. The first-order chi connectivity index (χ1) is 0. The third-order valence-corrected chi connectivity index (χ3v) is 0. The van der Waals surface area contributed by atoms with Crippen molar-refractivity contribution in [1.29, 1.82) is 0 Å². The van der Waals surface area contributed by atoms with Gasteiger partial charge in [0.2, 0.25) is 0 Å². The smallest absolute Gasteiger partial charge is 2.00 e. The Labute approximate surface area is 77.9 Å². The summed E-state index contributed by atoms with van der Waals surface area (Å²) in [6.45, 7) is 0. The van der Waals surface area contributed by atoms with Crippen LogP contribution in [0.4, 0.5) is 0 Å². The second-order valence-corrected chi connectivity index (χ2v) is 0. The molecule has 0 atom stereocenters. The van der Waals surface area contributed by atoms with Crippen LogP contribution < -0.4 is 0 Å². The van der Waals surface area contributed by atoms with Crippen LogP contribution in [-0.4, -0.2) is 51.7 Å². The van der Waals surface area contributed by atoms with E-state index in [1.807, 2.05) is 0 Å². The van der Waals surface area contributed by atoms with Gasteiger partial charge in [0.25, 0.3) is 0 Å². The van der Waals surface area contributed by atoms with E-state index in [2.05, 4.69) is 0 Å². The van der Waals surface area contributed by atoms with Crippen molar-refractivity contribution in [1.82, 2.24) is 0 Å². The average molecular weight is 343 g/mol. The van der Waals surface area contributed by atoms with Gasteiger partial charge in [-0.25, -0.2) is 0 Å². The maximum absolute atomic E-state index is 0. The minimum absolute atomic E-state index is 0. The summed E-state index contributed by atoms with van der Waals surface area (Å²) >= 11 is 0. The molecule has 0 aromatic heterocycles. The predicted molar refractivity (Wildman–Crippen MR) is 17.3 cm³/mol. The van der Waals surface area contributed by atoms with Gasteiger partial charge in [-0.15, -0.1) is 0 Å². The zero-order valence-electron chi connectivity index (χ0n) is 2.02. The minimum Gasteiger partial charge on any atom is -2.00 e. The quantitative estimate of drug-likeness (QED) is 0.488. The zero-order valence-corrected chi connectivity index (χ0v) is 11.6. The van der Waals surface area contributed by atoms with Gasteiger partial charge in [-0.3, -0.25) is 0 Å². The van der Waals surface area contributed by atoms with Gasteiger partial charge in [0.1, 0.15) is 0 Å². The SMILES string of the molecule is [Cd+2].[Ge].[Se-2].[Se-2]. The molecule has 20 valence electrons. The van der Waals surface area contributed by atoms with E-state index < -0.39 is 0 Å². The number of rotatable bonds is 0. The second-order valence-electron chi connectivity index (χ2n) is 0. The Bertz CT molecular complexity index is 6.00. The Kier molecular flexibility index (Phi) is 140. The van der Waals surface area contributed by atoms with E-state index in [1.165, 1.54) is 0 Å². The van der Waals surface area contributed by atoms with Crippen LogP contribution in [0.3, 0.4) is 0 Å². The van der Waals surface area contributed by atoms with Crippen molar-refractivity contribution in [3.05, 3.63) is 0 Å². The van der Waals surface area contributed by atoms with Gasteiger partial charge in [0, 0.05) is 17.6 Å². The summed E-state index contributed by atoms with van der Waals surface area (Å²) in [6.07, 6.45) is 0. The maximum Gasteiger partial charge on any atom is 2.00 e. The van der Waals surface area contributed by atoms with Crippen LogP contribution in [0.15, 0.2) is 0 Å². The second kappa shape index (κ2) is 17.8. The van der Waals surface area contributed by atoms with Crippen LogP contribution in [0.2, 0.25) is 0 Å². The molecular weight excluding hydrogens is 343 g/mol. The average Bonchev–Trinajstić information content (AvgIpc) is 0. The predicted octanol–water partition coefficient (Wildman–Crippen LogP) is -1.14. The van der Waals surface area contributed by atoms with Crippen LogP contribution >= 0.6 is 0 Å². The van der Waals surface area contributed by atoms with E-state index in [1.54, 1.807) is 0 Å². The Morgan fingerprint density at radius 2 is 0.750 bits per heavy atom. The molecule has 0 aromatic carbocycles. The molecule has 0 aliphatic rings. The third-order valence-electron chi connectivity index (χ3n) is 0. The molecule has 0 rings (SSSR count). The van der Waals surface area contributed by atoms with Gasteiger partial charge in [-0.2, -0.15) is 0 Å². The summed E-state index contributed by atoms with van der Waals surface area (Å²) in [6, 6.07) is 0. The van der Waals surface area contributed by atoms with Crippen molar-refractivity contribution in [2.75, 3.05) is 0 Å². The topological polar surface area (TPSA) is 0 Å². The summed E-state index contributed by atoms with van der Waals surface area (Å²) in [5.74, 6) is 0. The van der Waals surface area contributed by atoms with E-state index in [-0.39, 0.29) is 79.0 Å². The van der Waals surface area contributed by atoms with Crippen LogP contribution in [0.25, 0.3) is 0 Å². The number of hydrogen-bond donors (Lipinski definition) is 0. The van der Waals surface area contributed by atoms with Crippen molar-refractivity contribution >= 4 is 51.7 Å². The van der Waals surface area contributed by atoms with Crippen LogP contribution in [0.1, 0.15) is 0 Å². The molecule has 0 nitrogen and oxygen atoms in total. The van der Waals surface area contributed by atoms with Crippen LogP contribution in [0, 0.1) is 0 Å². The molecule has 0 saturated carbocycles. The van der Waals surface area contributed by atoms with Gasteiger partial charge in [0.05, 0.1) is 0 Å². The Balaban J connectivity index is 0. The zero-order chi connectivity index (χ0) is 0. The van der Waals surface area contributed by atoms with E-state index in [9.17, 15) is 0 Å². The minimum atomic E-state index is 0. The first-order valence-electron chi connectivity index (χ1n) is 0. The molecule has 0 aliphatic heterocycles. The largest absolute Gasteiger partial charge is 2.00 e. The van der Waals surface area contributed by atoms with Crippen molar-refractivity contribution in [2.24, 2.45) is 0 Å². The first-order valence-corrected chi connectivity index (χ1v) is 0. The Morgan fingerprint density at radius 3 is 0.750 bits per heavy atom. The fraction of sp³-hybridized carbons (Fsp3) is 0. The molecule has 0 spiro atoms. The molecule has 0 aromatic rings. The molecular formula is CdGeSe2-2. The van der Waals surface area contributed by atoms with E-state index in [4.69, 9.17) is 0 Å². The monoisotopic (exact) mass is 348 g/mol. The molecule has 0 bridgehead atoms. The maximum atomic E-state index is 0. The molecule has 0 unspecified atom stereocenters. The van der Waals surface area contributed by atoms with Crippen molar-refractivity contribution in [2.45, 2.75) is 0 Å². The van der Waals surface area contributed by atoms with Crippen LogP contribution in [-0.2, 0) is 27.3 Å². The summed E-state index contributed by atoms with van der Waals surface area (Å²) in [7, 11) is 0. The van der Waals surface area contributed by atoms with Gasteiger partial charge in [0.15, 0.2) is 0 Å². The molecule has 4 heteroatoms. The van der Waals surface area contributed by atoms with Crippen LogP contribution in [0.5, 0.6) is 0 Å². The summed E-state index contributed by atoms with van der Waals surface area (Å²) in [5.41, 5.74) is 0. The van der Waals surface area contributed by atoms with Crippen molar-refractivity contribution < 1.29 is 27.3 Å². The van der Waals surface area contributed by atoms with E-state index in [0.717, 1.165) is 0 Å². The summed E-state index contributed by atoms with van der Waals surface area (Å²) in [5, 5.41) is 0.